The standard InChI is InChI=1S/C14H21N3O4/c1-14(2,13(18)15-3)9-16-8-10-7-11(17(19)20)5-6-12(10)21-4/h5-7,16H,8-9H2,1-4H3,(H,15,18). The van der Waals surface area contributed by atoms with Gasteiger partial charge in [-0.2, -0.15) is 0 Å². The molecule has 1 amide bonds. The molecule has 0 bridgehead atoms. The Balaban J connectivity index is 2.76. The quantitative estimate of drug-likeness (QED) is 0.587. The van der Waals surface area contributed by atoms with Gasteiger partial charge < -0.3 is 15.4 Å². The number of rotatable bonds is 7. The Bertz CT molecular complexity index is 529. The van der Waals surface area contributed by atoms with Crippen LogP contribution in [0.3, 0.4) is 0 Å². The summed E-state index contributed by atoms with van der Waals surface area (Å²) in [5.74, 6) is 0.506. The Morgan fingerprint density at radius 3 is 2.62 bits per heavy atom. The number of carbonyl (C=O) groups is 1. The maximum absolute atomic E-state index is 11.7. The lowest BCUT2D eigenvalue weighted by Crippen LogP contribution is -2.41. The van der Waals surface area contributed by atoms with Gasteiger partial charge in [0.05, 0.1) is 17.4 Å². The zero-order chi connectivity index (χ0) is 16.0. The normalized spacial score (nSPS) is 11.0. The highest BCUT2D eigenvalue weighted by Crippen LogP contribution is 2.24. The fourth-order valence-corrected chi connectivity index (χ4v) is 1.95. The predicted octanol–water partition coefficient (Wildman–Crippen LogP) is 1.47. The molecule has 1 aromatic rings. The molecule has 1 rings (SSSR count). The van der Waals surface area contributed by atoms with Gasteiger partial charge in [-0.05, 0) is 19.9 Å². The number of non-ortho nitro benzene ring substituents is 1. The number of hydrogen-bond acceptors (Lipinski definition) is 5. The first-order valence-corrected chi connectivity index (χ1v) is 6.56. The molecule has 21 heavy (non-hydrogen) atoms. The van der Waals surface area contributed by atoms with Crippen LogP contribution in [0.1, 0.15) is 19.4 Å². The molecule has 0 heterocycles. The van der Waals surface area contributed by atoms with E-state index in [1.54, 1.807) is 13.1 Å². The zero-order valence-electron chi connectivity index (χ0n) is 12.7. The number of ether oxygens (including phenoxy) is 1. The predicted molar refractivity (Wildman–Crippen MR) is 79.2 cm³/mol. The number of methoxy groups -OCH3 is 1. The van der Waals surface area contributed by atoms with Crippen molar-refractivity contribution in [3.63, 3.8) is 0 Å². The van der Waals surface area contributed by atoms with Gasteiger partial charge in [0.2, 0.25) is 5.91 Å². The fraction of sp³-hybridized carbons (Fsp3) is 0.500. The smallest absolute Gasteiger partial charge is 0.270 e. The highest BCUT2D eigenvalue weighted by Gasteiger charge is 2.26. The van der Waals surface area contributed by atoms with Gasteiger partial charge in [0, 0.05) is 37.8 Å². The van der Waals surface area contributed by atoms with Crippen molar-refractivity contribution in [1.82, 2.24) is 10.6 Å². The van der Waals surface area contributed by atoms with Crippen LogP contribution in [0, 0.1) is 15.5 Å². The Labute approximate surface area is 123 Å². The summed E-state index contributed by atoms with van der Waals surface area (Å²) in [6.45, 7) is 4.47. The summed E-state index contributed by atoms with van der Waals surface area (Å²) in [6.07, 6.45) is 0. The van der Waals surface area contributed by atoms with Crippen LogP contribution in [-0.4, -0.2) is 31.5 Å². The van der Waals surface area contributed by atoms with Crippen molar-refractivity contribution in [2.75, 3.05) is 20.7 Å². The molecule has 0 unspecified atom stereocenters. The van der Waals surface area contributed by atoms with Crippen molar-refractivity contribution < 1.29 is 14.5 Å². The van der Waals surface area contributed by atoms with E-state index in [9.17, 15) is 14.9 Å². The zero-order valence-corrected chi connectivity index (χ0v) is 12.7. The topological polar surface area (TPSA) is 93.5 Å². The average Bonchev–Trinajstić information content (AvgIpc) is 2.45. The number of nitro groups is 1. The highest BCUT2D eigenvalue weighted by atomic mass is 16.6. The molecule has 7 nitrogen and oxygen atoms in total. The molecule has 0 aliphatic carbocycles. The first kappa shape index (κ1) is 16.9. The molecular formula is C14H21N3O4. The molecule has 0 saturated heterocycles. The van der Waals surface area contributed by atoms with Gasteiger partial charge in [-0.15, -0.1) is 0 Å². The third-order valence-electron chi connectivity index (χ3n) is 3.20. The van der Waals surface area contributed by atoms with Gasteiger partial charge in [0.15, 0.2) is 0 Å². The Kier molecular flexibility index (Phi) is 5.66. The van der Waals surface area contributed by atoms with Crippen molar-refractivity contribution in [2.45, 2.75) is 20.4 Å². The SMILES string of the molecule is CNC(=O)C(C)(C)CNCc1cc([N+](=O)[O-])ccc1OC. The number of benzene rings is 1. The lowest BCUT2D eigenvalue weighted by Gasteiger charge is -2.23. The Hall–Kier alpha value is -2.15. The van der Waals surface area contributed by atoms with E-state index >= 15 is 0 Å². The minimum Gasteiger partial charge on any atom is -0.496 e. The molecule has 0 spiro atoms. The molecule has 0 aliphatic rings. The third kappa shape index (κ3) is 4.42. The molecule has 0 aromatic heterocycles. The molecule has 0 atom stereocenters. The number of carbonyl (C=O) groups excluding carboxylic acids is 1. The summed E-state index contributed by atoms with van der Waals surface area (Å²) in [5, 5.41) is 16.5. The number of hydrogen-bond donors (Lipinski definition) is 2. The number of nitro benzene ring substituents is 1. The van der Waals surface area contributed by atoms with E-state index in [2.05, 4.69) is 10.6 Å². The van der Waals surface area contributed by atoms with E-state index in [0.29, 0.717) is 24.4 Å². The molecule has 0 aliphatic heterocycles. The van der Waals surface area contributed by atoms with Gasteiger partial charge in [-0.3, -0.25) is 14.9 Å². The first-order valence-electron chi connectivity index (χ1n) is 6.56. The lowest BCUT2D eigenvalue weighted by atomic mass is 9.92. The van der Waals surface area contributed by atoms with E-state index in [4.69, 9.17) is 4.74 Å². The summed E-state index contributed by atoms with van der Waals surface area (Å²) in [6, 6.07) is 4.44. The summed E-state index contributed by atoms with van der Waals surface area (Å²) in [7, 11) is 3.10. The van der Waals surface area contributed by atoms with Crippen LogP contribution in [0.2, 0.25) is 0 Å². The van der Waals surface area contributed by atoms with Gasteiger partial charge in [0.25, 0.3) is 5.69 Å². The van der Waals surface area contributed by atoms with E-state index in [-0.39, 0.29) is 11.6 Å². The number of nitrogens with one attached hydrogen (secondary N) is 2. The van der Waals surface area contributed by atoms with Crippen molar-refractivity contribution in [3.8, 4) is 5.75 Å². The minimum absolute atomic E-state index is 0.0122. The summed E-state index contributed by atoms with van der Waals surface area (Å²) < 4.78 is 5.19. The van der Waals surface area contributed by atoms with Gasteiger partial charge in [0.1, 0.15) is 5.75 Å². The number of amides is 1. The molecule has 0 saturated carbocycles. The largest absolute Gasteiger partial charge is 0.496 e. The Morgan fingerprint density at radius 1 is 1.43 bits per heavy atom. The minimum atomic E-state index is -0.567. The summed E-state index contributed by atoms with van der Waals surface area (Å²) in [4.78, 5) is 22.0. The molecule has 2 N–H and O–H groups in total. The lowest BCUT2D eigenvalue weighted by molar-refractivity contribution is -0.384. The van der Waals surface area contributed by atoms with Crippen LogP contribution in [0.4, 0.5) is 5.69 Å². The van der Waals surface area contributed by atoms with Crippen LogP contribution in [0.25, 0.3) is 0 Å². The van der Waals surface area contributed by atoms with E-state index in [1.807, 2.05) is 13.8 Å². The molecule has 0 fully saturated rings. The van der Waals surface area contributed by atoms with Crippen LogP contribution >= 0.6 is 0 Å². The van der Waals surface area contributed by atoms with Gasteiger partial charge >= 0.3 is 0 Å². The van der Waals surface area contributed by atoms with Gasteiger partial charge in [-0.25, -0.2) is 0 Å². The Morgan fingerprint density at radius 2 is 2.10 bits per heavy atom. The number of nitrogens with zero attached hydrogens (tertiary/aromatic N) is 1. The molecule has 1 aromatic carbocycles. The highest BCUT2D eigenvalue weighted by molar-refractivity contribution is 5.81. The summed E-state index contributed by atoms with van der Waals surface area (Å²) >= 11 is 0. The maximum atomic E-state index is 11.7. The molecule has 0 radical (unpaired) electrons. The molecular weight excluding hydrogens is 274 g/mol. The van der Waals surface area contributed by atoms with Crippen LogP contribution < -0.4 is 15.4 Å². The average molecular weight is 295 g/mol. The van der Waals surface area contributed by atoms with E-state index < -0.39 is 10.3 Å². The van der Waals surface area contributed by atoms with Gasteiger partial charge in [-0.1, -0.05) is 0 Å². The van der Waals surface area contributed by atoms with E-state index in [0.717, 1.165) is 0 Å². The summed E-state index contributed by atoms with van der Waals surface area (Å²) in [5.41, 5.74) is 0.125. The molecule has 116 valence electrons. The first-order chi connectivity index (χ1) is 9.81. The second kappa shape index (κ2) is 7.03. The fourth-order valence-electron chi connectivity index (χ4n) is 1.95. The van der Waals surface area contributed by atoms with Crippen molar-refractivity contribution in [1.29, 1.82) is 0 Å². The van der Waals surface area contributed by atoms with Crippen molar-refractivity contribution >= 4 is 11.6 Å². The second-order valence-electron chi connectivity index (χ2n) is 5.32. The maximum Gasteiger partial charge on any atom is 0.270 e. The van der Waals surface area contributed by atoms with Crippen LogP contribution in [-0.2, 0) is 11.3 Å². The van der Waals surface area contributed by atoms with E-state index in [1.165, 1.54) is 19.2 Å². The third-order valence-corrected chi connectivity index (χ3v) is 3.20. The van der Waals surface area contributed by atoms with Crippen molar-refractivity contribution in [2.24, 2.45) is 5.41 Å². The van der Waals surface area contributed by atoms with Crippen LogP contribution in [0.5, 0.6) is 5.75 Å². The second-order valence-corrected chi connectivity index (χ2v) is 5.32. The van der Waals surface area contributed by atoms with Crippen molar-refractivity contribution in [3.05, 3.63) is 33.9 Å². The monoisotopic (exact) mass is 295 g/mol. The van der Waals surface area contributed by atoms with Crippen LogP contribution in [0.15, 0.2) is 18.2 Å². The molecule has 7 heteroatoms.